The van der Waals surface area contributed by atoms with E-state index >= 15 is 0 Å². The van der Waals surface area contributed by atoms with Crippen LogP contribution in [0.1, 0.15) is 6.92 Å². The van der Waals surface area contributed by atoms with Crippen molar-refractivity contribution < 1.29 is 0 Å². The van der Waals surface area contributed by atoms with Crippen molar-refractivity contribution >= 4 is 38.8 Å². The number of rotatable bonds is 1. The summed E-state index contributed by atoms with van der Waals surface area (Å²) in [5, 5.41) is 0. The predicted molar refractivity (Wildman–Crippen MR) is 44.6 cm³/mol. The van der Waals surface area contributed by atoms with E-state index in [1.165, 1.54) is 9.84 Å². The van der Waals surface area contributed by atoms with E-state index < -0.39 is 0 Å². The van der Waals surface area contributed by atoms with Crippen molar-refractivity contribution in [3.05, 3.63) is 10.6 Å². The molecule has 0 atom stereocenters. The van der Waals surface area contributed by atoms with Crippen molar-refractivity contribution in [3.8, 4) is 0 Å². The Morgan fingerprint density at radius 1 is 1.75 bits per heavy atom. The molecule has 0 aliphatic carbocycles. The summed E-state index contributed by atoms with van der Waals surface area (Å²) in [6.45, 7) is 2.06. The van der Waals surface area contributed by atoms with E-state index in [1.54, 1.807) is 0 Å². The number of aliphatic imine (C=N–C) groups is 1. The minimum absolute atomic E-state index is 0.704. The predicted octanol–water partition coefficient (Wildman–Crippen LogP) is 0.946. The quantitative estimate of drug-likeness (QED) is 0.472. The Morgan fingerprint density at radius 2 is 2.25 bits per heavy atom. The third kappa shape index (κ3) is 2.74. The average molecular weight is 233 g/mol. The van der Waals surface area contributed by atoms with Crippen LogP contribution in [0, 0.1) is 0 Å². The van der Waals surface area contributed by atoms with Crippen molar-refractivity contribution in [2.24, 2.45) is 4.99 Å². The fourth-order valence-electron chi connectivity index (χ4n) is 0.255. The molecule has 0 bridgehead atoms. The van der Waals surface area contributed by atoms with Gasteiger partial charge in [0, 0.05) is 0 Å². The third-order valence-corrected chi connectivity index (χ3v) is 4.35. The molecule has 0 unspecified atom stereocenters. The van der Waals surface area contributed by atoms with Gasteiger partial charge in [-0.2, -0.15) is 0 Å². The Bertz CT molecular complexity index is 112. The first-order chi connectivity index (χ1) is 3.72. The standard InChI is InChI=1S/C5H7BrN.Ga.2H/c1-5(3-6)4-7-2;;;/h3H,1-2H3;;;. The van der Waals surface area contributed by atoms with Gasteiger partial charge in [-0.3, -0.25) is 0 Å². The molecule has 0 radical (unpaired) electrons. The second-order valence-electron chi connectivity index (χ2n) is 1.60. The summed E-state index contributed by atoms with van der Waals surface area (Å²) < 4.78 is 1.26. The molecular weight excluding hydrogens is 224 g/mol. The fraction of sp³-hybridized carbons (Fsp3) is 0.400. The molecule has 0 amide bonds. The van der Waals surface area contributed by atoms with E-state index in [1.807, 2.05) is 12.0 Å². The summed E-state index contributed by atoms with van der Waals surface area (Å²) in [4.78, 5) is 5.98. The van der Waals surface area contributed by atoms with Gasteiger partial charge in [0.15, 0.2) is 0 Å². The van der Waals surface area contributed by atoms with Crippen LogP contribution in [0.2, 0.25) is 0 Å². The topological polar surface area (TPSA) is 12.4 Å². The maximum absolute atomic E-state index is 4.06. The van der Waals surface area contributed by atoms with Crippen LogP contribution >= 0.6 is 15.9 Å². The van der Waals surface area contributed by atoms with Gasteiger partial charge in [0.1, 0.15) is 0 Å². The SMILES string of the molecule is CN=[C]([GaH2])C(C)=CBr. The Balaban J connectivity index is 4.04. The molecule has 44 valence electrons. The molecule has 0 saturated carbocycles. The van der Waals surface area contributed by atoms with Crippen LogP contribution in [0.25, 0.3) is 0 Å². The monoisotopic (exact) mass is 231 g/mol. The summed E-state index contributed by atoms with van der Waals surface area (Å²) >= 11 is 3.95. The van der Waals surface area contributed by atoms with Crippen LogP contribution < -0.4 is 0 Å². The molecule has 0 aromatic heterocycles. The van der Waals surface area contributed by atoms with Gasteiger partial charge in [0.2, 0.25) is 0 Å². The van der Waals surface area contributed by atoms with E-state index in [0.29, 0.717) is 18.6 Å². The first-order valence-corrected chi connectivity index (χ1v) is 5.44. The molecule has 0 fully saturated rings. The number of nitrogens with zero attached hydrogens (tertiary/aromatic N) is 1. The molecule has 0 aliphatic rings. The third-order valence-electron chi connectivity index (χ3n) is 1.07. The van der Waals surface area contributed by atoms with Gasteiger partial charge < -0.3 is 0 Å². The maximum atomic E-state index is 4.06. The second-order valence-corrected chi connectivity index (χ2v) is 4.05. The molecule has 0 aromatic rings. The molecule has 0 N–H and O–H groups in total. The number of allylic oxidation sites excluding steroid dienone is 1. The minimum atomic E-state index is 0.704. The van der Waals surface area contributed by atoms with Crippen LogP contribution in [-0.2, 0) is 0 Å². The van der Waals surface area contributed by atoms with Crippen molar-refractivity contribution in [1.82, 2.24) is 0 Å². The van der Waals surface area contributed by atoms with Gasteiger partial charge in [-0.25, -0.2) is 0 Å². The van der Waals surface area contributed by atoms with E-state index in [-0.39, 0.29) is 0 Å². The van der Waals surface area contributed by atoms with Gasteiger partial charge in [-0.15, -0.1) is 0 Å². The first-order valence-electron chi connectivity index (χ1n) is 2.43. The van der Waals surface area contributed by atoms with Crippen molar-refractivity contribution in [2.45, 2.75) is 6.92 Å². The molecule has 8 heavy (non-hydrogen) atoms. The van der Waals surface area contributed by atoms with Crippen molar-refractivity contribution in [3.63, 3.8) is 0 Å². The number of hydrogen-bond acceptors (Lipinski definition) is 1. The van der Waals surface area contributed by atoms with Gasteiger partial charge >= 0.3 is 68.3 Å². The van der Waals surface area contributed by atoms with Crippen molar-refractivity contribution in [2.75, 3.05) is 7.05 Å². The Morgan fingerprint density at radius 3 is 2.38 bits per heavy atom. The zero-order valence-electron chi connectivity index (χ0n) is 5.40. The summed E-state index contributed by atoms with van der Waals surface area (Å²) in [7, 11) is 1.83. The van der Waals surface area contributed by atoms with E-state index in [0.717, 1.165) is 0 Å². The van der Waals surface area contributed by atoms with E-state index in [4.69, 9.17) is 0 Å². The van der Waals surface area contributed by atoms with Crippen LogP contribution in [0.4, 0.5) is 0 Å². The molecule has 0 spiro atoms. The first kappa shape index (κ1) is 8.53. The Labute approximate surface area is 68.3 Å². The summed E-state index contributed by atoms with van der Waals surface area (Å²) in [5.41, 5.74) is 1.26. The van der Waals surface area contributed by atoms with Gasteiger partial charge in [-0.1, -0.05) is 0 Å². The Hall–Kier alpha value is 0.526. The summed E-state index contributed by atoms with van der Waals surface area (Å²) in [6, 6.07) is 0. The fourth-order valence-corrected chi connectivity index (χ4v) is 1.78. The molecule has 0 heterocycles. The zero-order chi connectivity index (χ0) is 6.57. The van der Waals surface area contributed by atoms with E-state index in [2.05, 4.69) is 27.8 Å². The summed E-state index contributed by atoms with van der Waals surface area (Å²) in [6.07, 6.45) is 0. The average Bonchev–Trinajstić information content (AvgIpc) is 1.84. The number of halogens is 1. The zero-order valence-corrected chi connectivity index (χ0v) is 11.2. The van der Waals surface area contributed by atoms with E-state index in [9.17, 15) is 0 Å². The molecule has 3 heteroatoms. The molecule has 1 nitrogen and oxygen atoms in total. The van der Waals surface area contributed by atoms with Crippen LogP contribution in [0.15, 0.2) is 15.6 Å². The molecule has 0 saturated heterocycles. The summed E-state index contributed by atoms with van der Waals surface area (Å²) in [5.74, 6) is 0. The van der Waals surface area contributed by atoms with Gasteiger partial charge in [0.05, 0.1) is 0 Å². The van der Waals surface area contributed by atoms with Gasteiger partial charge in [-0.05, 0) is 0 Å². The van der Waals surface area contributed by atoms with Gasteiger partial charge in [0.25, 0.3) is 0 Å². The Kier molecular flexibility index (Phi) is 4.70. The second kappa shape index (κ2) is 4.41. The molecular formula is C5H9BrGaN. The van der Waals surface area contributed by atoms with Crippen LogP contribution in [0.5, 0.6) is 0 Å². The van der Waals surface area contributed by atoms with Crippen LogP contribution in [-0.4, -0.2) is 29.9 Å². The molecule has 0 rings (SSSR count). The molecule has 0 aromatic carbocycles. The normalized spacial score (nSPS) is 14.4. The molecule has 0 aliphatic heterocycles. The number of hydrogen-bond donors (Lipinski definition) is 0. The van der Waals surface area contributed by atoms with Crippen LogP contribution in [0.3, 0.4) is 0 Å². The van der Waals surface area contributed by atoms with Crippen molar-refractivity contribution in [1.29, 1.82) is 0 Å².